The molecule has 0 aliphatic heterocycles. The molecular weight excluding hydrogens is 269 g/mol. The van der Waals surface area contributed by atoms with Crippen molar-refractivity contribution in [3.63, 3.8) is 0 Å². The van der Waals surface area contributed by atoms with E-state index in [0.29, 0.717) is 5.56 Å². The number of hydrogen-bond donors (Lipinski definition) is 2. The van der Waals surface area contributed by atoms with Gasteiger partial charge in [0, 0.05) is 12.1 Å². The van der Waals surface area contributed by atoms with E-state index in [-0.39, 0.29) is 6.42 Å². The Hall–Kier alpha value is -2.36. The van der Waals surface area contributed by atoms with Gasteiger partial charge in [0.25, 0.3) is 0 Å². The Balaban J connectivity index is 2.31. The van der Waals surface area contributed by atoms with Crippen LogP contribution in [0.25, 0.3) is 0 Å². The summed E-state index contributed by atoms with van der Waals surface area (Å²) < 4.78 is 13.8. The molecule has 2 aromatic rings. The Kier molecular flexibility index (Phi) is 4.26. The maximum atomic E-state index is 13.8. The second kappa shape index (κ2) is 5.95. The predicted molar refractivity (Wildman–Crippen MR) is 80.9 cm³/mol. The maximum Gasteiger partial charge on any atom is 0.329 e. The van der Waals surface area contributed by atoms with Crippen LogP contribution in [0.4, 0.5) is 10.1 Å². The number of hydrogen-bond acceptors (Lipinski definition) is 2. The van der Waals surface area contributed by atoms with Crippen LogP contribution in [0.15, 0.2) is 48.5 Å². The van der Waals surface area contributed by atoms with Gasteiger partial charge >= 0.3 is 5.97 Å². The third-order valence-electron chi connectivity index (χ3n) is 3.53. The van der Waals surface area contributed by atoms with Crippen LogP contribution in [0.2, 0.25) is 0 Å². The lowest BCUT2D eigenvalue weighted by molar-refractivity contribution is -0.141. The van der Waals surface area contributed by atoms with Crippen molar-refractivity contribution < 1.29 is 14.3 Å². The van der Waals surface area contributed by atoms with Crippen molar-refractivity contribution in [2.45, 2.75) is 25.8 Å². The minimum atomic E-state index is -1.28. The highest BCUT2D eigenvalue weighted by Gasteiger charge is 2.34. The summed E-state index contributed by atoms with van der Waals surface area (Å²) in [4.78, 5) is 11.7. The molecule has 0 aromatic heterocycles. The smallest absolute Gasteiger partial charge is 0.329 e. The number of para-hydroxylation sites is 1. The van der Waals surface area contributed by atoms with Crippen molar-refractivity contribution >= 4 is 11.7 Å². The third-order valence-corrected chi connectivity index (χ3v) is 3.53. The zero-order valence-corrected chi connectivity index (χ0v) is 12.1. The molecule has 0 fully saturated rings. The molecule has 0 spiro atoms. The van der Waals surface area contributed by atoms with E-state index in [1.807, 2.05) is 31.2 Å². The summed E-state index contributed by atoms with van der Waals surface area (Å²) in [6.07, 6.45) is 0.0589. The molecule has 0 aliphatic rings. The van der Waals surface area contributed by atoms with Crippen LogP contribution in [0.5, 0.6) is 0 Å². The fourth-order valence-electron chi connectivity index (χ4n) is 2.21. The number of anilines is 1. The first kappa shape index (κ1) is 15.0. The molecule has 0 aliphatic carbocycles. The summed E-state index contributed by atoms with van der Waals surface area (Å²) in [5.41, 5.74) is 0.773. The number of aryl methyl sites for hydroxylation is 1. The van der Waals surface area contributed by atoms with Gasteiger partial charge in [-0.3, -0.25) is 0 Å². The molecule has 2 N–H and O–H groups in total. The Morgan fingerprint density at radius 3 is 2.43 bits per heavy atom. The summed E-state index contributed by atoms with van der Waals surface area (Å²) in [6, 6.07) is 13.7. The number of carboxylic acid groups (broad SMARTS) is 1. The molecule has 2 rings (SSSR count). The van der Waals surface area contributed by atoms with Crippen LogP contribution in [0, 0.1) is 12.7 Å². The van der Waals surface area contributed by atoms with Gasteiger partial charge in [-0.2, -0.15) is 0 Å². The number of halogens is 1. The van der Waals surface area contributed by atoms with Gasteiger partial charge in [0.05, 0.1) is 0 Å². The predicted octanol–water partition coefficient (Wildman–Crippen LogP) is 3.63. The number of carboxylic acids is 1. The molecule has 1 unspecified atom stereocenters. The molecule has 4 heteroatoms. The van der Waals surface area contributed by atoms with Crippen molar-refractivity contribution in [2.24, 2.45) is 0 Å². The molecule has 2 aromatic carbocycles. The average molecular weight is 287 g/mol. The highest BCUT2D eigenvalue weighted by molar-refractivity contribution is 5.83. The molecule has 110 valence electrons. The minimum Gasteiger partial charge on any atom is -0.480 e. The Morgan fingerprint density at radius 2 is 1.81 bits per heavy atom. The lowest BCUT2D eigenvalue weighted by atomic mass is 9.91. The topological polar surface area (TPSA) is 49.3 Å². The Morgan fingerprint density at radius 1 is 1.19 bits per heavy atom. The van der Waals surface area contributed by atoms with Crippen LogP contribution >= 0.6 is 0 Å². The van der Waals surface area contributed by atoms with Crippen LogP contribution in [-0.4, -0.2) is 16.6 Å². The second-order valence-corrected chi connectivity index (χ2v) is 5.35. The highest BCUT2D eigenvalue weighted by atomic mass is 19.1. The molecule has 1 atom stereocenters. The van der Waals surface area contributed by atoms with E-state index in [1.165, 1.54) is 6.07 Å². The van der Waals surface area contributed by atoms with Crippen LogP contribution < -0.4 is 5.32 Å². The average Bonchev–Trinajstić information content (AvgIpc) is 2.44. The first-order chi connectivity index (χ1) is 9.92. The van der Waals surface area contributed by atoms with E-state index in [9.17, 15) is 14.3 Å². The molecule has 0 amide bonds. The van der Waals surface area contributed by atoms with Crippen molar-refractivity contribution in [3.8, 4) is 0 Å². The molecule has 21 heavy (non-hydrogen) atoms. The number of aliphatic carboxylic acids is 1. The zero-order valence-electron chi connectivity index (χ0n) is 12.1. The first-order valence-electron chi connectivity index (χ1n) is 6.73. The fraction of sp³-hybridized carbons (Fsp3) is 0.235. The van der Waals surface area contributed by atoms with Gasteiger partial charge in [-0.1, -0.05) is 36.4 Å². The Bertz CT molecular complexity index is 607. The Labute approximate surface area is 123 Å². The van der Waals surface area contributed by atoms with Crippen molar-refractivity contribution in [1.29, 1.82) is 0 Å². The SMILES string of the molecule is Cc1ccccc1NC(C)(Cc1ccccc1F)C(=O)O. The van der Waals surface area contributed by atoms with Gasteiger partial charge in [0.2, 0.25) is 0 Å². The summed E-state index contributed by atoms with van der Waals surface area (Å²) in [5.74, 6) is -1.41. The van der Waals surface area contributed by atoms with E-state index in [4.69, 9.17) is 0 Å². The molecule has 0 radical (unpaired) electrons. The number of rotatable bonds is 5. The van der Waals surface area contributed by atoms with Gasteiger partial charge in [-0.15, -0.1) is 0 Å². The summed E-state index contributed by atoms with van der Waals surface area (Å²) in [6.45, 7) is 3.46. The first-order valence-corrected chi connectivity index (χ1v) is 6.73. The molecular formula is C17H18FNO2. The van der Waals surface area contributed by atoms with Gasteiger partial charge in [-0.25, -0.2) is 9.18 Å². The van der Waals surface area contributed by atoms with E-state index in [0.717, 1.165) is 11.3 Å². The van der Waals surface area contributed by atoms with Crippen molar-refractivity contribution in [2.75, 3.05) is 5.32 Å². The van der Waals surface area contributed by atoms with Gasteiger partial charge < -0.3 is 10.4 Å². The van der Waals surface area contributed by atoms with Crippen LogP contribution in [-0.2, 0) is 11.2 Å². The molecule has 0 bridgehead atoms. The maximum absolute atomic E-state index is 13.8. The van der Waals surface area contributed by atoms with Gasteiger partial charge in [-0.05, 0) is 37.1 Å². The van der Waals surface area contributed by atoms with Crippen molar-refractivity contribution in [1.82, 2.24) is 0 Å². The van der Waals surface area contributed by atoms with Crippen molar-refractivity contribution in [3.05, 3.63) is 65.5 Å². The van der Waals surface area contributed by atoms with E-state index in [1.54, 1.807) is 25.1 Å². The molecule has 0 heterocycles. The summed E-state index contributed by atoms with van der Waals surface area (Å²) in [7, 11) is 0. The normalized spacial score (nSPS) is 13.5. The number of carbonyl (C=O) groups is 1. The van der Waals surface area contributed by atoms with E-state index >= 15 is 0 Å². The summed E-state index contributed by atoms with van der Waals surface area (Å²) >= 11 is 0. The lowest BCUT2D eigenvalue weighted by Crippen LogP contribution is -2.45. The number of nitrogens with one attached hydrogen (secondary N) is 1. The molecule has 0 saturated heterocycles. The lowest BCUT2D eigenvalue weighted by Gasteiger charge is -2.28. The fourth-order valence-corrected chi connectivity index (χ4v) is 2.21. The minimum absolute atomic E-state index is 0.0589. The zero-order chi connectivity index (χ0) is 15.5. The largest absolute Gasteiger partial charge is 0.480 e. The third kappa shape index (κ3) is 3.40. The monoisotopic (exact) mass is 287 g/mol. The van der Waals surface area contributed by atoms with E-state index < -0.39 is 17.3 Å². The van der Waals surface area contributed by atoms with Gasteiger partial charge in [0.15, 0.2) is 0 Å². The number of benzene rings is 2. The van der Waals surface area contributed by atoms with Crippen LogP contribution in [0.3, 0.4) is 0 Å². The quantitative estimate of drug-likeness (QED) is 0.883. The van der Waals surface area contributed by atoms with Gasteiger partial charge in [0.1, 0.15) is 11.4 Å². The molecule has 3 nitrogen and oxygen atoms in total. The highest BCUT2D eigenvalue weighted by Crippen LogP contribution is 2.24. The van der Waals surface area contributed by atoms with Crippen LogP contribution in [0.1, 0.15) is 18.1 Å². The summed E-state index contributed by atoms with van der Waals surface area (Å²) in [5, 5.41) is 12.6. The molecule has 0 saturated carbocycles. The second-order valence-electron chi connectivity index (χ2n) is 5.35. The van der Waals surface area contributed by atoms with E-state index in [2.05, 4.69) is 5.32 Å². The standard InChI is InChI=1S/C17H18FNO2/c1-12-7-3-6-10-15(12)19-17(2,16(20)21)11-13-8-4-5-9-14(13)18/h3-10,19H,11H2,1-2H3,(H,20,21).